The number of carbonyl (C=O) groups is 2. The Labute approximate surface area is 107 Å². The van der Waals surface area contributed by atoms with E-state index in [2.05, 4.69) is 19.2 Å². The van der Waals surface area contributed by atoms with Gasteiger partial charge in [0.15, 0.2) is 5.78 Å². The first-order chi connectivity index (χ1) is 8.43. The summed E-state index contributed by atoms with van der Waals surface area (Å²) < 4.78 is 1.90. The van der Waals surface area contributed by atoms with Crippen molar-refractivity contribution in [2.75, 3.05) is 6.54 Å². The van der Waals surface area contributed by atoms with E-state index in [1.807, 2.05) is 23.8 Å². The monoisotopic (exact) mass is 248 g/mol. The Morgan fingerprint density at radius 1 is 1.44 bits per heavy atom. The number of nitrogens with zero attached hydrogens (tertiary/aromatic N) is 1. The van der Waals surface area contributed by atoms with Gasteiger partial charge >= 0.3 is 0 Å². The molecule has 1 N–H and O–H groups in total. The van der Waals surface area contributed by atoms with Crippen LogP contribution in [0.3, 0.4) is 0 Å². The maximum Gasteiger partial charge on any atom is 0.239 e. The normalized spacial score (nSPS) is 17.4. The molecule has 0 aliphatic heterocycles. The lowest BCUT2D eigenvalue weighted by Gasteiger charge is -2.29. The fourth-order valence-electron chi connectivity index (χ4n) is 2.56. The average Bonchev–Trinajstić information content (AvgIpc) is 2.60. The molecule has 0 fully saturated rings. The number of likely N-dealkylation sites (N-methyl/N-ethyl adjacent to an activating group) is 1. The zero-order valence-electron chi connectivity index (χ0n) is 11.2. The van der Waals surface area contributed by atoms with Crippen molar-refractivity contribution < 1.29 is 9.59 Å². The van der Waals surface area contributed by atoms with Gasteiger partial charge < -0.3 is 9.88 Å². The first kappa shape index (κ1) is 12.9. The van der Waals surface area contributed by atoms with Crippen molar-refractivity contribution in [3.8, 4) is 0 Å². The Balaban J connectivity index is 2.25. The van der Waals surface area contributed by atoms with Gasteiger partial charge in [-0.2, -0.15) is 0 Å². The second kappa shape index (κ2) is 4.59. The number of amides is 1. The molecule has 0 bridgehead atoms. The lowest BCUT2D eigenvalue weighted by molar-refractivity contribution is -0.121. The first-order valence-electron chi connectivity index (χ1n) is 6.41. The number of nitrogens with one attached hydrogen (secondary N) is 1. The summed E-state index contributed by atoms with van der Waals surface area (Å²) in [5, 5.41) is 2.78. The number of hydrogen-bond donors (Lipinski definition) is 1. The van der Waals surface area contributed by atoms with E-state index in [-0.39, 0.29) is 17.1 Å². The van der Waals surface area contributed by atoms with E-state index in [1.165, 1.54) is 0 Å². The van der Waals surface area contributed by atoms with Crippen LogP contribution in [0.25, 0.3) is 0 Å². The van der Waals surface area contributed by atoms with Gasteiger partial charge in [0.2, 0.25) is 5.91 Å². The van der Waals surface area contributed by atoms with Crippen LogP contribution < -0.4 is 5.32 Å². The first-order valence-corrected chi connectivity index (χ1v) is 6.41. The summed E-state index contributed by atoms with van der Waals surface area (Å²) in [6.07, 6.45) is 3.28. The molecule has 1 heterocycles. The van der Waals surface area contributed by atoms with Crippen molar-refractivity contribution in [1.29, 1.82) is 0 Å². The summed E-state index contributed by atoms with van der Waals surface area (Å²) in [6.45, 7) is 7.02. The van der Waals surface area contributed by atoms with E-state index >= 15 is 0 Å². The summed E-state index contributed by atoms with van der Waals surface area (Å²) in [7, 11) is 0. The van der Waals surface area contributed by atoms with Crippen molar-refractivity contribution in [1.82, 2.24) is 9.88 Å². The van der Waals surface area contributed by atoms with Crippen molar-refractivity contribution in [2.24, 2.45) is 5.41 Å². The largest absolute Gasteiger partial charge is 0.355 e. The third-order valence-corrected chi connectivity index (χ3v) is 3.35. The molecule has 0 atom stereocenters. The molecule has 1 amide bonds. The van der Waals surface area contributed by atoms with Gasteiger partial charge in [-0.05, 0) is 24.8 Å². The molecule has 1 aromatic rings. The number of aromatic nitrogens is 1. The van der Waals surface area contributed by atoms with E-state index in [1.54, 1.807) is 0 Å². The number of ketones is 1. The molecule has 18 heavy (non-hydrogen) atoms. The van der Waals surface area contributed by atoms with E-state index in [4.69, 9.17) is 0 Å². The SMILES string of the molecule is CCNC(=O)Cn1ccc2c1CC(C)(C)CC2=O. The second-order valence-electron chi connectivity index (χ2n) is 5.70. The van der Waals surface area contributed by atoms with E-state index < -0.39 is 0 Å². The van der Waals surface area contributed by atoms with Gasteiger partial charge in [-0.3, -0.25) is 9.59 Å². The van der Waals surface area contributed by atoms with Crippen LogP contribution in [0.5, 0.6) is 0 Å². The molecule has 4 nitrogen and oxygen atoms in total. The van der Waals surface area contributed by atoms with Gasteiger partial charge in [0.25, 0.3) is 0 Å². The quantitative estimate of drug-likeness (QED) is 0.886. The van der Waals surface area contributed by atoms with Gasteiger partial charge in [0.05, 0.1) is 0 Å². The summed E-state index contributed by atoms with van der Waals surface area (Å²) in [6, 6.07) is 1.84. The molecule has 2 rings (SSSR count). The lowest BCUT2D eigenvalue weighted by Crippen LogP contribution is -2.31. The average molecular weight is 248 g/mol. The fourth-order valence-corrected chi connectivity index (χ4v) is 2.56. The predicted molar refractivity (Wildman–Crippen MR) is 69.5 cm³/mol. The van der Waals surface area contributed by atoms with Gasteiger partial charge in [-0.15, -0.1) is 0 Å². The number of carbonyl (C=O) groups excluding carboxylic acids is 2. The van der Waals surface area contributed by atoms with Gasteiger partial charge in [0, 0.05) is 30.4 Å². The molecule has 1 aliphatic rings. The number of hydrogen-bond acceptors (Lipinski definition) is 2. The highest BCUT2D eigenvalue weighted by Crippen LogP contribution is 2.35. The predicted octanol–water partition coefficient (Wildman–Crippen LogP) is 1.78. The Morgan fingerprint density at radius 3 is 2.83 bits per heavy atom. The second-order valence-corrected chi connectivity index (χ2v) is 5.70. The molecular weight excluding hydrogens is 228 g/mol. The van der Waals surface area contributed by atoms with Crippen LogP contribution in [0.15, 0.2) is 12.3 Å². The maximum atomic E-state index is 12.0. The molecule has 1 aromatic heterocycles. The molecular formula is C14H20N2O2. The van der Waals surface area contributed by atoms with Gasteiger partial charge in [-0.1, -0.05) is 13.8 Å². The van der Waals surface area contributed by atoms with E-state index in [0.29, 0.717) is 19.5 Å². The molecule has 1 aliphatic carbocycles. The molecule has 0 saturated carbocycles. The van der Waals surface area contributed by atoms with Gasteiger partial charge in [0.1, 0.15) is 6.54 Å². The van der Waals surface area contributed by atoms with Crippen molar-refractivity contribution >= 4 is 11.7 Å². The summed E-state index contributed by atoms with van der Waals surface area (Å²) in [5.74, 6) is 0.183. The molecule has 0 unspecified atom stereocenters. The number of fused-ring (bicyclic) bond motifs is 1. The Bertz CT molecular complexity index is 486. The molecule has 0 saturated heterocycles. The van der Waals surface area contributed by atoms with Crippen molar-refractivity contribution in [3.63, 3.8) is 0 Å². The number of rotatable bonds is 3. The topological polar surface area (TPSA) is 51.1 Å². The van der Waals surface area contributed by atoms with Crippen LogP contribution in [0.4, 0.5) is 0 Å². The molecule has 0 spiro atoms. The molecule has 98 valence electrons. The van der Waals surface area contributed by atoms with Gasteiger partial charge in [-0.25, -0.2) is 0 Å². The maximum absolute atomic E-state index is 12.0. The highest BCUT2D eigenvalue weighted by Gasteiger charge is 2.33. The summed E-state index contributed by atoms with van der Waals surface area (Å²) in [4.78, 5) is 23.6. The smallest absolute Gasteiger partial charge is 0.239 e. The number of Topliss-reactive ketones (excluding diaryl/α,β-unsaturated/α-hetero) is 1. The van der Waals surface area contributed by atoms with Crippen molar-refractivity contribution in [3.05, 3.63) is 23.5 Å². The third kappa shape index (κ3) is 2.47. The highest BCUT2D eigenvalue weighted by molar-refractivity contribution is 5.99. The van der Waals surface area contributed by atoms with E-state index in [9.17, 15) is 9.59 Å². The zero-order chi connectivity index (χ0) is 13.3. The van der Waals surface area contributed by atoms with Crippen LogP contribution in [-0.4, -0.2) is 22.8 Å². The minimum absolute atomic E-state index is 0.00766. The van der Waals surface area contributed by atoms with E-state index in [0.717, 1.165) is 17.7 Å². The highest BCUT2D eigenvalue weighted by atomic mass is 16.2. The Kier molecular flexibility index (Phi) is 3.28. The third-order valence-electron chi connectivity index (χ3n) is 3.35. The van der Waals surface area contributed by atoms with Crippen LogP contribution in [0.2, 0.25) is 0 Å². The Hall–Kier alpha value is -1.58. The summed E-state index contributed by atoms with van der Waals surface area (Å²) >= 11 is 0. The standard InChI is InChI=1S/C14H20N2O2/c1-4-15-13(18)9-16-6-5-10-11(16)7-14(2,3)8-12(10)17/h5-6H,4,7-9H2,1-3H3,(H,15,18). The lowest BCUT2D eigenvalue weighted by atomic mass is 9.76. The van der Waals surface area contributed by atoms with Crippen LogP contribution in [-0.2, 0) is 17.8 Å². The summed E-state index contributed by atoms with van der Waals surface area (Å²) in [5.41, 5.74) is 1.78. The molecule has 0 radical (unpaired) electrons. The minimum Gasteiger partial charge on any atom is -0.355 e. The van der Waals surface area contributed by atoms with Crippen LogP contribution in [0.1, 0.15) is 43.2 Å². The molecule has 4 heteroatoms. The fraction of sp³-hybridized carbons (Fsp3) is 0.571. The zero-order valence-corrected chi connectivity index (χ0v) is 11.2. The van der Waals surface area contributed by atoms with Crippen LogP contribution in [0, 0.1) is 5.41 Å². The minimum atomic E-state index is -0.0125. The Morgan fingerprint density at radius 2 is 2.17 bits per heavy atom. The molecule has 0 aromatic carbocycles. The van der Waals surface area contributed by atoms with Crippen molar-refractivity contribution in [2.45, 2.75) is 40.2 Å². The van der Waals surface area contributed by atoms with Crippen LogP contribution >= 0.6 is 0 Å².